The van der Waals surface area contributed by atoms with Crippen LogP contribution < -0.4 is 10.1 Å². The monoisotopic (exact) mass is 291 g/mol. The van der Waals surface area contributed by atoms with Gasteiger partial charge in [0.05, 0.1) is 0 Å². The fraction of sp³-hybridized carbons (Fsp3) is 0.467. The van der Waals surface area contributed by atoms with Gasteiger partial charge in [0, 0.05) is 19.5 Å². The van der Waals surface area contributed by atoms with Crippen molar-refractivity contribution in [1.29, 1.82) is 0 Å². The Morgan fingerprint density at radius 1 is 1.33 bits per heavy atom. The number of nitrogens with zero attached hydrogens (tertiary/aromatic N) is 2. The minimum atomic E-state index is -0.557. The molecule has 2 N–H and O–H groups in total. The average molecular weight is 291 g/mol. The van der Waals surface area contributed by atoms with Crippen LogP contribution in [-0.4, -0.2) is 41.0 Å². The van der Waals surface area contributed by atoms with Gasteiger partial charge in [-0.05, 0) is 24.1 Å². The maximum atomic E-state index is 9.83. The molecule has 0 aliphatic carbocycles. The maximum Gasteiger partial charge on any atom is 0.227 e. The third-order valence-corrected chi connectivity index (χ3v) is 3.08. The SMILES string of the molecule is CCc1ccc(OCC(O)CNCCc2ncno2)cc1. The molecule has 0 saturated carbocycles. The van der Waals surface area contributed by atoms with E-state index < -0.39 is 6.10 Å². The first kappa shape index (κ1) is 15.5. The largest absolute Gasteiger partial charge is 0.491 e. The van der Waals surface area contributed by atoms with Crippen molar-refractivity contribution in [3.8, 4) is 5.75 Å². The second-order valence-electron chi connectivity index (χ2n) is 4.75. The first-order valence-corrected chi connectivity index (χ1v) is 7.14. The van der Waals surface area contributed by atoms with Crippen molar-refractivity contribution in [2.45, 2.75) is 25.9 Å². The summed E-state index contributed by atoms with van der Waals surface area (Å²) in [6.45, 7) is 3.50. The summed E-state index contributed by atoms with van der Waals surface area (Å²) in [7, 11) is 0. The van der Waals surface area contributed by atoms with Crippen LogP contribution >= 0.6 is 0 Å². The van der Waals surface area contributed by atoms with Gasteiger partial charge in [-0.3, -0.25) is 0 Å². The molecule has 0 fully saturated rings. The Morgan fingerprint density at radius 2 is 2.14 bits per heavy atom. The van der Waals surface area contributed by atoms with Gasteiger partial charge in [0.25, 0.3) is 0 Å². The van der Waals surface area contributed by atoms with Gasteiger partial charge in [0.1, 0.15) is 18.5 Å². The Morgan fingerprint density at radius 3 is 2.81 bits per heavy atom. The van der Waals surface area contributed by atoms with Crippen LogP contribution in [0.25, 0.3) is 0 Å². The third-order valence-electron chi connectivity index (χ3n) is 3.08. The van der Waals surface area contributed by atoms with E-state index in [1.165, 1.54) is 11.9 Å². The van der Waals surface area contributed by atoms with Crippen molar-refractivity contribution in [1.82, 2.24) is 15.5 Å². The lowest BCUT2D eigenvalue weighted by Crippen LogP contribution is -2.32. The number of aryl methyl sites for hydroxylation is 1. The zero-order chi connectivity index (χ0) is 14.9. The Labute approximate surface area is 124 Å². The maximum absolute atomic E-state index is 9.83. The van der Waals surface area contributed by atoms with Crippen molar-refractivity contribution in [2.24, 2.45) is 0 Å². The molecule has 21 heavy (non-hydrogen) atoms. The Hall–Kier alpha value is -1.92. The van der Waals surface area contributed by atoms with Crippen molar-refractivity contribution < 1.29 is 14.4 Å². The average Bonchev–Trinajstić information content (AvgIpc) is 3.03. The quantitative estimate of drug-likeness (QED) is 0.676. The molecule has 2 aromatic rings. The van der Waals surface area contributed by atoms with E-state index in [2.05, 4.69) is 22.4 Å². The minimum absolute atomic E-state index is 0.263. The van der Waals surface area contributed by atoms with Gasteiger partial charge < -0.3 is 19.7 Å². The van der Waals surface area contributed by atoms with E-state index in [0.29, 0.717) is 25.4 Å². The predicted octanol–water partition coefficient (Wildman–Crippen LogP) is 1.20. The normalized spacial score (nSPS) is 12.3. The summed E-state index contributed by atoms with van der Waals surface area (Å²) < 4.78 is 10.4. The van der Waals surface area contributed by atoms with E-state index in [1.54, 1.807) is 0 Å². The van der Waals surface area contributed by atoms with Crippen LogP contribution in [0.2, 0.25) is 0 Å². The zero-order valence-electron chi connectivity index (χ0n) is 12.2. The molecule has 1 unspecified atom stereocenters. The summed E-state index contributed by atoms with van der Waals surface area (Å²) in [5, 5.41) is 16.5. The summed E-state index contributed by atoms with van der Waals surface area (Å²) in [6.07, 6.45) is 2.47. The highest BCUT2D eigenvalue weighted by molar-refractivity contribution is 5.27. The molecular formula is C15H21N3O3. The van der Waals surface area contributed by atoms with Gasteiger partial charge in [-0.15, -0.1) is 0 Å². The summed E-state index contributed by atoms with van der Waals surface area (Å²) in [5.41, 5.74) is 1.27. The summed E-state index contributed by atoms with van der Waals surface area (Å²) in [4.78, 5) is 3.92. The lowest BCUT2D eigenvalue weighted by atomic mass is 10.2. The summed E-state index contributed by atoms with van der Waals surface area (Å²) in [5.74, 6) is 1.36. The van der Waals surface area contributed by atoms with Crippen LogP contribution in [0, 0.1) is 0 Å². The highest BCUT2D eigenvalue weighted by Gasteiger charge is 2.05. The molecule has 1 heterocycles. The number of ether oxygens (including phenoxy) is 1. The highest BCUT2D eigenvalue weighted by Crippen LogP contribution is 2.12. The second kappa shape index (κ2) is 8.39. The molecule has 0 bridgehead atoms. The van der Waals surface area contributed by atoms with Gasteiger partial charge in [-0.25, -0.2) is 0 Å². The topological polar surface area (TPSA) is 80.4 Å². The van der Waals surface area contributed by atoms with Crippen LogP contribution in [0.5, 0.6) is 5.75 Å². The highest BCUT2D eigenvalue weighted by atomic mass is 16.5. The van der Waals surface area contributed by atoms with Crippen LogP contribution in [-0.2, 0) is 12.8 Å². The molecule has 1 aromatic heterocycles. The molecule has 0 saturated heterocycles. The Bertz CT molecular complexity index is 499. The summed E-state index contributed by atoms with van der Waals surface area (Å²) in [6, 6.07) is 7.91. The van der Waals surface area contributed by atoms with Gasteiger partial charge in [-0.2, -0.15) is 4.98 Å². The molecule has 0 aliphatic rings. The molecule has 1 atom stereocenters. The number of hydrogen-bond acceptors (Lipinski definition) is 6. The van der Waals surface area contributed by atoms with Gasteiger partial charge >= 0.3 is 0 Å². The van der Waals surface area contributed by atoms with Gasteiger partial charge in [-0.1, -0.05) is 24.2 Å². The fourth-order valence-corrected chi connectivity index (χ4v) is 1.84. The zero-order valence-corrected chi connectivity index (χ0v) is 12.2. The van der Waals surface area contributed by atoms with E-state index >= 15 is 0 Å². The van der Waals surface area contributed by atoms with Crippen molar-refractivity contribution in [3.63, 3.8) is 0 Å². The Balaban J connectivity index is 1.59. The lowest BCUT2D eigenvalue weighted by Gasteiger charge is -2.13. The van der Waals surface area contributed by atoms with Crippen LogP contribution in [0.3, 0.4) is 0 Å². The number of aliphatic hydroxyl groups is 1. The van der Waals surface area contributed by atoms with Crippen molar-refractivity contribution in [2.75, 3.05) is 19.7 Å². The minimum Gasteiger partial charge on any atom is -0.491 e. The molecule has 1 aromatic carbocycles. The van der Waals surface area contributed by atoms with E-state index in [-0.39, 0.29) is 6.61 Å². The molecular weight excluding hydrogens is 270 g/mol. The second-order valence-corrected chi connectivity index (χ2v) is 4.75. The van der Waals surface area contributed by atoms with E-state index in [9.17, 15) is 5.11 Å². The molecule has 0 radical (unpaired) electrons. The van der Waals surface area contributed by atoms with Gasteiger partial charge in [0.15, 0.2) is 6.33 Å². The molecule has 0 aliphatic heterocycles. The molecule has 114 valence electrons. The number of benzene rings is 1. The fourth-order valence-electron chi connectivity index (χ4n) is 1.84. The van der Waals surface area contributed by atoms with Crippen LogP contribution in [0.1, 0.15) is 18.4 Å². The van der Waals surface area contributed by atoms with E-state index in [1.807, 2.05) is 24.3 Å². The van der Waals surface area contributed by atoms with E-state index in [0.717, 1.165) is 12.2 Å². The molecule has 6 heteroatoms. The van der Waals surface area contributed by atoms with Crippen LogP contribution in [0.4, 0.5) is 0 Å². The smallest absolute Gasteiger partial charge is 0.227 e. The number of aliphatic hydroxyl groups excluding tert-OH is 1. The van der Waals surface area contributed by atoms with Crippen molar-refractivity contribution >= 4 is 0 Å². The molecule has 2 rings (SSSR count). The van der Waals surface area contributed by atoms with E-state index in [4.69, 9.17) is 9.26 Å². The van der Waals surface area contributed by atoms with Gasteiger partial charge in [0.2, 0.25) is 5.89 Å². The first-order valence-electron chi connectivity index (χ1n) is 7.14. The predicted molar refractivity (Wildman–Crippen MR) is 78.2 cm³/mol. The molecule has 0 amide bonds. The number of rotatable bonds is 9. The Kier molecular flexibility index (Phi) is 6.18. The van der Waals surface area contributed by atoms with Crippen LogP contribution in [0.15, 0.2) is 35.1 Å². The lowest BCUT2D eigenvalue weighted by molar-refractivity contribution is 0.106. The third kappa shape index (κ3) is 5.53. The number of nitrogens with one attached hydrogen (secondary N) is 1. The number of aromatic nitrogens is 2. The van der Waals surface area contributed by atoms with Crippen molar-refractivity contribution in [3.05, 3.63) is 42.0 Å². The number of hydrogen-bond donors (Lipinski definition) is 2. The first-order chi connectivity index (χ1) is 10.3. The summed E-state index contributed by atoms with van der Waals surface area (Å²) >= 11 is 0. The standard InChI is InChI=1S/C15H21N3O3/c1-2-12-3-5-14(6-4-12)20-10-13(19)9-16-8-7-15-17-11-18-21-15/h3-6,11,13,16,19H,2,7-10H2,1H3. The molecule has 6 nitrogen and oxygen atoms in total. The molecule has 0 spiro atoms.